The summed E-state index contributed by atoms with van der Waals surface area (Å²) >= 11 is 0. The normalized spacial score (nSPS) is 23.0. The molecule has 0 radical (unpaired) electrons. The molecular formula is C21H24F3N7O. The van der Waals surface area contributed by atoms with Crippen molar-refractivity contribution in [3.05, 3.63) is 30.7 Å². The Morgan fingerprint density at radius 2 is 1.88 bits per heavy atom. The summed E-state index contributed by atoms with van der Waals surface area (Å²) < 4.78 is 39.9. The first-order valence-electron chi connectivity index (χ1n) is 10.8. The molecule has 2 saturated heterocycles. The molecule has 2 amide bonds. The van der Waals surface area contributed by atoms with Gasteiger partial charge in [0.1, 0.15) is 5.82 Å². The van der Waals surface area contributed by atoms with E-state index in [9.17, 15) is 18.0 Å². The molecule has 32 heavy (non-hydrogen) atoms. The number of alkyl halides is 3. The first kappa shape index (κ1) is 20.8. The lowest BCUT2D eigenvalue weighted by Crippen LogP contribution is -2.56. The molecule has 0 unspecified atom stereocenters. The van der Waals surface area contributed by atoms with E-state index in [0.717, 1.165) is 25.1 Å². The Labute approximate surface area is 183 Å². The van der Waals surface area contributed by atoms with Gasteiger partial charge < -0.3 is 9.80 Å². The lowest BCUT2D eigenvalue weighted by atomic mass is 9.97. The lowest BCUT2D eigenvalue weighted by Gasteiger charge is -2.46. The summed E-state index contributed by atoms with van der Waals surface area (Å²) in [5.41, 5.74) is 0.823. The van der Waals surface area contributed by atoms with Crippen molar-refractivity contribution in [3.8, 4) is 0 Å². The number of carbonyl (C=O) groups excluding carboxylic acids is 1. The molecule has 5 heterocycles. The number of nitrogens with one attached hydrogen (secondary N) is 1. The Hall–Kier alpha value is -3.11. The molecule has 170 valence electrons. The van der Waals surface area contributed by atoms with Crippen molar-refractivity contribution in [1.82, 2.24) is 15.0 Å². The molecule has 2 fully saturated rings. The highest BCUT2D eigenvalue weighted by Crippen LogP contribution is 2.41. The highest BCUT2D eigenvalue weighted by Gasteiger charge is 2.43. The smallest absolute Gasteiger partial charge is 0.366 e. The van der Waals surface area contributed by atoms with E-state index < -0.39 is 12.1 Å². The zero-order valence-corrected chi connectivity index (χ0v) is 17.4. The van der Waals surface area contributed by atoms with Crippen molar-refractivity contribution in [2.24, 2.45) is 5.92 Å². The van der Waals surface area contributed by atoms with Crippen LogP contribution in [0.25, 0.3) is 0 Å². The van der Waals surface area contributed by atoms with E-state index in [-0.39, 0.29) is 25.0 Å². The van der Waals surface area contributed by atoms with E-state index in [0.29, 0.717) is 37.0 Å². The van der Waals surface area contributed by atoms with Crippen LogP contribution in [0, 0.1) is 5.92 Å². The molecule has 2 bridgehead atoms. The minimum absolute atomic E-state index is 0.0695. The Balaban J connectivity index is 1.47. The molecule has 3 aliphatic heterocycles. The number of amides is 2. The number of halogens is 3. The van der Waals surface area contributed by atoms with Gasteiger partial charge in [0.2, 0.25) is 0 Å². The van der Waals surface area contributed by atoms with Crippen LogP contribution >= 0.6 is 0 Å². The van der Waals surface area contributed by atoms with Gasteiger partial charge in [-0.2, -0.15) is 13.2 Å². The van der Waals surface area contributed by atoms with Crippen molar-refractivity contribution in [2.75, 3.05) is 46.2 Å². The predicted molar refractivity (Wildman–Crippen MR) is 114 cm³/mol. The van der Waals surface area contributed by atoms with Crippen LogP contribution in [0.4, 0.5) is 41.1 Å². The SMILES string of the molecule is O=C(Nc1cnccn1)N1c2nc(N3CCC[C@H](C(F)(F)F)C3)ccc2N2CCC[C@H]1C2. The Bertz CT molecular complexity index is 987. The minimum atomic E-state index is -4.22. The zero-order chi connectivity index (χ0) is 22.3. The van der Waals surface area contributed by atoms with Gasteiger partial charge in [0.15, 0.2) is 11.6 Å². The topological polar surface area (TPSA) is 77.5 Å². The molecule has 0 aliphatic carbocycles. The quantitative estimate of drug-likeness (QED) is 0.757. The van der Waals surface area contributed by atoms with Gasteiger partial charge in [0.25, 0.3) is 0 Å². The molecule has 0 saturated carbocycles. The molecule has 2 atom stereocenters. The number of urea groups is 1. The average Bonchev–Trinajstić information content (AvgIpc) is 2.79. The maximum Gasteiger partial charge on any atom is 0.393 e. The monoisotopic (exact) mass is 447 g/mol. The fourth-order valence-corrected chi connectivity index (χ4v) is 4.84. The lowest BCUT2D eigenvalue weighted by molar-refractivity contribution is -0.176. The molecule has 0 spiro atoms. The minimum Gasteiger partial charge on any atom is -0.366 e. The van der Waals surface area contributed by atoms with E-state index in [4.69, 9.17) is 4.98 Å². The van der Waals surface area contributed by atoms with Crippen molar-refractivity contribution in [1.29, 1.82) is 0 Å². The third kappa shape index (κ3) is 3.91. The molecule has 5 rings (SSSR count). The molecule has 1 N–H and O–H groups in total. The second kappa shape index (κ2) is 8.10. The molecule has 2 aromatic rings. The summed E-state index contributed by atoms with van der Waals surface area (Å²) in [6.07, 6.45) is 2.61. The molecule has 3 aliphatic rings. The Morgan fingerprint density at radius 1 is 1.06 bits per heavy atom. The van der Waals surface area contributed by atoms with Gasteiger partial charge in [-0.15, -0.1) is 0 Å². The number of hydrogen-bond donors (Lipinski definition) is 1. The predicted octanol–water partition coefficient (Wildman–Crippen LogP) is 3.67. The van der Waals surface area contributed by atoms with E-state index in [2.05, 4.69) is 20.2 Å². The number of pyridine rings is 1. The van der Waals surface area contributed by atoms with E-state index >= 15 is 0 Å². The van der Waals surface area contributed by atoms with Crippen LogP contribution in [0.15, 0.2) is 30.7 Å². The highest BCUT2D eigenvalue weighted by molar-refractivity contribution is 6.04. The average molecular weight is 447 g/mol. The highest BCUT2D eigenvalue weighted by atomic mass is 19.4. The molecule has 2 aromatic heterocycles. The fraction of sp³-hybridized carbons (Fsp3) is 0.524. The number of nitrogens with zero attached hydrogens (tertiary/aromatic N) is 6. The number of carbonyl (C=O) groups is 1. The van der Waals surface area contributed by atoms with Crippen LogP contribution in [0.5, 0.6) is 0 Å². The van der Waals surface area contributed by atoms with Crippen LogP contribution < -0.4 is 20.0 Å². The molecule has 8 nitrogen and oxygen atoms in total. The van der Waals surface area contributed by atoms with Crippen LogP contribution in [-0.4, -0.2) is 59.4 Å². The fourth-order valence-electron chi connectivity index (χ4n) is 4.84. The van der Waals surface area contributed by atoms with Gasteiger partial charge in [0, 0.05) is 38.6 Å². The first-order valence-corrected chi connectivity index (χ1v) is 10.8. The third-order valence-electron chi connectivity index (χ3n) is 6.40. The summed E-state index contributed by atoms with van der Waals surface area (Å²) in [6, 6.07) is 3.21. The van der Waals surface area contributed by atoms with Gasteiger partial charge in [-0.1, -0.05) is 0 Å². The van der Waals surface area contributed by atoms with Gasteiger partial charge in [-0.05, 0) is 37.8 Å². The standard InChI is InChI=1S/C21H24F3N7O/c22-21(23,24)14-3-1-10-30(12-14)18-6-5-16-19(28-18)31(15-4-2-9-29(16)13-15)20(32)27-17-11-25-7-8-26-17/h5-8,11,14-15H,1-4,9-10,12-13H2,(H,26,27,32)/t14-,15-/m0/s1. The number of rotatable bonds is 2. The number of aromatic nitrogens is 3. The second-order valence-corrected chi connectivity index (χ2v) is 8.47. The number of anilines is 4. The van der Waals surface area contributed by atoms with Crippen molar-refractivity contribution >= 4 is 29.2 Å². The second-order valence-electron chi connectivity index (χ2n) is 8.47. The summed E-state index contributed by atoms with van der Waals surface area (Å²) in [5, 5.41) is 2.77. The maximum absolute atomic E-state index is 13.3. The largest absolute Gasteiger partial charge is 0.393 e. The van der Waals surface area contributed by atoms with Gasteiger partial charge in [0.05, 0.1) is 23.8 Å². The summed E-state index contributed by atoms with van der Waals surface area (Å²) in [4.78, 5) is 31.5. The third-order valence-corrected chi connectivity index (χ3v) is 6.40. The molecule has 11 heteroatoms. The van der Waals surface area contributed by atoms with Crippen LogP contribution in [0.1, 0.15) is 25.7 Å². The number of hydrogen-bond acceptors (Lipinski definition) is 6. The summed E-state index contributed by atoms with van der Waals surface area (Å²) in [5.74, 6) is -0.0871. The van der Waals surface area contributed by atoms with Gasteiger partial charge in [-0.25, -0.2) is 14.8 Å². The summed E-state index contributed by atoms with van der Waals surface area (Å²) in [6.45, 7) is 1.96. The van der Waals surface area contributed by atoms with Crippen molar-refractivity contribution < 1.29 is 18.0 Å². The maximum atomic E-state index is 13.3. The summed E-state index contributed by atoms with van der Waals surface area (Å²) in [7, 11) is 0. The van der Waals surface area contributed by atoms with Crippen LogP contribution in [0.3, 0.4) is 0 Å². The Morgan fingerprint density at radius 3 is 2.66 bits per heavy atom. The Kier molecular flexibility index (Phi) is 5.26. The number of fused-ring (bicyclic) bond motifs is 4. The van der Waals surface area contributed by atoms with Crippen molar-refractivity contribution in [3.63, 3.8) is 0 Å². The van der Waals surface area contributed by atoms with E-state index in [1.807, 2.05) is 6.07 Å². The van der Waals surface area contributed by atoms with E-state index in [1.165, 1.54) is 18.6 Å². The zero-order valence-electron chi connectivity index (χ0n) is 17.4. The first-order chi connectivity index (χ1) is 15.4. The van der Waals surface area contributed by atoms with Crippen LogP contribution in [-0.2, 0) is 0 Å². The van der Waals surface area contributed by atoms with Gasteiger partial charge >= 0.3 is 12.2 Å². The number of piperidine rings is 2. The van der Waals surface area contributed by atoms with Gasteiger partial charge in [-0.3, -0.25) is 15.2 Å². The molecule has 0 aromatic carbocycles. The molecular weight excluding hydrogens is 423 g/mol. The van der Waals surface area contributed by atoms with Crippen LogP contribution in [0.2, 0.25) is 0 Å². The van der Waals surface area contributed by atoms with E-state index in [1.54, 1.807) is 15.9 Å². The van der Waals surface area contributed by atoms with Crippen molar-refractivity contribution in [2.45, 2.75) is 37.9 Å².